The molecule has 0 aliphatic carbocycles. The van der Waals surface area contributed by atoms with Crippen molar-refractivity contribution in [3.05, 3.63) is 48.2 Å². The molecule has 1 atom stereocenters. The number of amides is 2. The number of nitrogens with one attached hydrogen (secondary N) is 2. The molecule has 7 heteroatoms. The van der Waals surface area contributed by atoms with E-state index in [9.17, 15) is 14.3 Å². The van der Waals surface area contributed by atoms with Crippen LogP contribution in [0.4, 0.5) is 14.9 Å². The summed E-state index contributed by atoms with van der Waals surface area (Å²) in [6.45, 7) is -0.113. The minimum atomic E-state index is -0.971. The minimum absolute atomic E-state index is 0.0545. The zero-order valence-corrected chi connectivity index (χ0v) is 12.1. The molecule has 0 bridgehead atoms. The van der Waals surface area contributed by atoms with Crippen molar-refractivity contribution in [1.29, 1.82) is 0 Å². The van der Waals surface area contributed by atoms with Crippen LogP contribution < -0.4 is 15.4 Å². The summed E-state index contributed by atoms with van der Waals surface area (Å²) in [6.07, 6.45) is 5.54. The number of benzene rings is 1. The summed E-state index contributed by atoms with van der Waals surface area (Å²) in [5, 5.41) is 14.8. The molecular formula is C16H15FN2O4. The van der Waals surface area contributed by atoms with Gasteiger partial charge in [-0.2, -0.15) is 0 Å². The van der Waals surface area contributed by atoms with Gasteiger partial charge in [0.2, 0.25) is 0 Å². The van der Waals surface area contributed by atoms with Crippen LogP contribution in [0.25, 0.3) is 0 Å². The lowest BCUT2D eigenvalue weighted by molar-refractivity contribution is 0.149. The number of carbonyl (C=O) groups excluding carboxylic acids is 1. The summed E-state index contributed by atoms with van der Waals surface area (Å²) in [5.74, 6) is 2.19. The molecule has 120 valence electrons. The Morgan fingerprint density at radius 2 is 2.30 bits per heavy atom. The van der Waals surface area contributed by atoms with E-state index in [1.165, 1.54) is 18.4 Å². The fourth-order valence-electron chi connectivity index (χ4n) is 1.78. The molecule has 23 heavy (non-hydrogen) atoms. The SMILES string of the molecule is C#CCOc1cc(F)ccc1NC(=O)NCC(O)c1ccco1. The Kier molecular flexibility index (Phi) is 5.61. The third-order valence-electron chi connectivity index (χ3n) is 2.83. The van der Waals surface area contributed by atoms with E-state index in [2.05, 4.69) is 16.6 Å². The molecule has 0 saturated heterocycles. The van der Waals surface area contributed by atoms with Crippen molar-refractivity contribution in [2.75, 3.05) is 18.5 Å². The first-order valence-electron chi connectivity index (χ1n) is 6.72. The van der Waals surface area contributed by atoms with Gasteiger partial charge in [-0.25, -0.2) is 9.18 Å². The summed E-state index contributed by atoms with van der Waals surface area (Å²) in [7, 11) is 0. The van der Waals surface area contributed by atoms with E-state index < -0.39 is 18.0 Å². The maximum atomic E-state index is 13.2. The average molecular weight is 318 g/mol. The molecule has 1 unspecified atom stereocenters. The molecule has 0 spiro atoms. The quantitative estimate of drug-likeness (QED) is 0.714. The van der Waals surface area contributed by atoms with E-state index in [1.807, 2.05) is 0 Å². The molecule has 0 saturated carbocycles. The van der Waals surface area contributed by atoms with Crippen LogP contribution in [0.5, 0.6) is 5.75 Å². The van der Waals surface area contributed by atoms with Gasteiger partial charge in [0.15, 0.2) is 0 Å². The van der Waals surface area contributed by atoms with Crippen LogP contribution in [-0.4, -0.2) is 24.3 Å². The number of halogens is 1. The number of rotatable bonds is 6. The summed E-state index contributed by atoms with van der Waals surface area (Å²) in [4.78, 5) is 11.8. The highest BCUT2D eigenvalue weighted by molar-refractivity contribution is 5.90. The lowest BCUT2D eigenvalue weighted by atomic mass is 10.2. The van der Waals surface area contributed by atoms with Crippen molar-refractivity contribution in [2.45, 2.75) is 6.10 Å². The highest BCUT2D eigenvalue weighted by Crippen LogP contribution is 2.25. The first kappa shape index (κ1) is 16.4. The number of carbonyl (C=O) groups is 1. The lowest BCUT2D eigenvalue weighted by Gasteiger charge is -2.13. The topological polar surface area (TPSA) is 83.7 Å². The van der Waals surface area contributed by atoms with Crippen molar-refractivity contribution in [3.63, 3.8) is 0 Å². The van der Waals surface area contributed by atoms with Crippen molar-refractivity contribution < 1.29 is 23.4 Å². The zero-order chi connectivity index (χ0) is 16.7. The van der Waals surface area contributed by atoms with Crippen molar-refractivity contribution in [3.8, 4) is 18.1 Å². The molecule has 1 aromatic carbocycles. The van der Waals surface area contributed by atoms with E-state index in [-0.39, 0.29) is 24.6 Å². The summed E-state index contributed by atoms with van der Waals surface area (Å²) >= 11 is 0. The number of hydrogen-bond acceptors (Lipinski definition) is 4. The molecule has 1 aromatic heterocycles. The van der Waals surface area contributed by atoms with E-state index in [0.717, 1.165) is 6.07 Å². The van der Waals surface area contributed by atoms with E-state index in [1.54, 1.807) is 12.1 Å². The standard InChI is InChI=1S/C16H15FN2O4/c1-2-7-22-15-9-11(17)5-6-12(15)19-16(21)18-10-13(20)14-4-3-8-23-14/h1,3-6,8-9,13,20H,7,10H2,(H2,18,19,21). The highest BCUT2D eigenvalue weighted by Gasteiger charge is 2.13. The number of urea groups is 1. The fraction of sp³-hybridized carbons (Fsp3) is 0.188. The van der Waals surface area contributed by atoms with Gasteiger partial charge in [0, 0.05) is 6.07 Å². The number of terminal acetylenes is 1. The largest absolute Gasteiger partial charge is 0.479 e. The van der Waals surface area contributed by atoms with Gasteiger partial charge in [0.1, 0.15) is 30.0 Å². The summed E-state index contributed by atoms with van der Waals surface area (Å²) in [6, 6.07) is 6.28. The first-order chi connectivity index (χ1) is 11.1. The molecule has 3 N–H and O–H groups in total. The molecule has 2 rings (SSSR count). The second-order valence-corrected chi connectivity index (χ2v) is 4.50. The molecule has 0 aliphatic heterocycles. The summed E-state index contributed by atoms with van der Waals surface area (Å²) in [5.41, 5.74) is 0.256. The third kappa shape index (κ3) is 4.76. The number of anilines is 1. The summed E-state index contributed by atoms with van der Waals surface area (Å²) < 4.78 is 23.4. The lowest BCUT2D eigenvalue weighted by Crippen LogP contribution is -2.32. The number of ether oxygens (including phenoxy) is 1. The van der Waals surface area contributed by atoms with Crippen molar-refractivity contribution in [1.82, 2.24) is 5.32 Å². The Bertz CT molecular complexity index is 695. The van der Waals surface area contributed by atoms with Crippen LogP contribution in [0.2, 0.25) is 0 Å². The fourth-order valence-corrected chi connectivity index (χ4v) is 1.78. The van der Waals surface area contributed by atoms with Gasteiger partial charge in [-0.1, -0.05) is 5.92 Å². The molecular weight excluding hydrogens is 303 g/mol. The van der Waals surface area contributed by atoms with Crippen LogP contribution in [0.3, 0.4) is 0 Å². The van der Waals surface area contributed by atoms with Crippen LogP contribution in [0.1, 0.15) is 11.9 Å². The van der Waals surface area contributed by atoms with Crippen LogP contribution >= 0.6 is 0 Å². The number of aliphatic hydroxyl groups is 1. The predicted molar refractivity (Wildman–Crippen MR) is 81.4 cm³/mol. The Hall–Kier alpha value is -2.98. The van der Waals surface area contributed by atoms with Crippen molar-refractivity contribution >= 4 is 11.7 Å². The Labute approximate surface area is 132 Å². The molecule has 0 fully saturated rings. The van der Waals surface area contributed by atoms with Crippen molar-refractivity contribution in [2.24, 2.45) is 0 Å². The van der Waals surface area contributed by atoms with E-state index in [0.29, 0.717) is 5.76 Å². The van der Waals surface area contributed by atoms with Gasteiger partial charge in [0.25, 0.3) is 0 Å². The smallest absolute Gasteiger partial charge is 0.319 e. The van der Waals surface area contributed by atoms with Crippen LogP contribution in [-0.2, 0) is 0 Å². The second kappa shape index (κ2) is 7.87. The molecule has 6 nitrogen and oxygen atoms in total. The third-order valence-corrected chi connectivity index (χ3v) is 2.83. The highest BCUT2D eigenvalue weighted by atomic mass is 19.1. The Balaban J connectivity index is 1.93. The van der Waals surface area contributed by atoms with E-state index in [4.69, 9.17) is 15.6 Å². The normalized spacial score (nSPS) is 11.3. The maximum absolute atomic E-state index is 13.2. The number of aliphatic hydroxyl groups excluding tert-OH is 1. The monoisotopic (exact) mass is 318 g/mol. The van der Waals surface area contributed by atoms with E-state index >= 15 is 0 Å². The second-order valence-electron chi connectivity index (χ2n) is 4.50. The molecule has 2 amide bonds. The van der Waals surface area contributed by atoms with Gasteiger partial charge in [0.05, 0.1) is 18.5 Å². The molecule has 0 radical (unpaired) electrons. The minimum Gasteiger partial charge on any atom is -0.479 e. The molecule has 2 aromatic rings. The van der Waals surface area contributed by atoms with Crippen LogP contribution in [0, 0.1) is 18.2 Å². The maximum Gasteiger partial charge on any atom is 0.319 e. The Morgan fingerprint density at radius 1 is 1.48 bits per heavy atom. The van der Waals surface area contributed by atoms with Gasteiger partial charge in [-0.3, -0.25) is 0 Å². The van der Waals surface area contributed by atoms with Gasteiger partial charge >= 0.3 is 6.03 Å². The molecule has 1 heterocycles. The average Bonchev–Trinajstić information content (AvgIpc) is 3.07. The van der Waals surface area contributed by atoms with Gasteiger partial charge in [-0.05, 0) is 24.3 Å². The zero-order valence-electron chi connectivity index (χ0n) is 12.1. The first-order valence-corrected chi connectivity index (χ1v) is 6.72. The number of hydrogen-bond donors (Lipinski definition) is 3. The number of furan rings is 1. The van der Waals surface area contributed by atoms with Gasteiger partial charge < -0.3 is 24.9 Å². The van der Waals surface area contributed by atoms with Crippen LogP contribution in [0.15, 0.2) is 41.0 Å². The molecule has 0 aliphatic rings. The predicted octanol–water partition coefficient (Wildman–Crippen LogP) is 2.29. The van der Waals surface area contributed by atoms with Gasteiger partial charge in [-0.15, -0.1) is 6.42 Å². The Morgan fingerprint density at radius 3 is 3.00 bits per heavy atom.